The summed E-state index contributed by atoms with van der Waals surface area (Å²) in [5, 5.41) is 0. The molecule has 0 bridgehead atoms. The summed E-state index contributed by atoms with van der Waals surface area (Å²) in [7, 11) is 2.89. The van der Waals surface area contributed by atoms with Crippen LogP contribution in [0.1, 0.15) is 5.56 Å². The molecule has 0 aliphatic rings. The van der Waals surface area contributed by atoms with Crippen LogP contribution < -0.4 is 10.5 Å². The molecule has 0 aliphatic carbocycles. The predicted octanol–water partition coefficient (Wildman–Crippen LogP) is 2.26. The van der Waals surface area contributed by atoms with E-state index in [1.54, 1.807) is 7.11 Å². The Morgan fingerprint density at radius 2 is 2.06 bits per heavy atom. The zero-order chi connectivity index (χ0) is 13.0. The molecule has 2 N–H and O–H groups in total. The molecule has 0 saturated carbocycles. The van der Waals surface area contributed by atoms with Crippen molar-refractivity contribution in [2.24, 2.45) is 5.73 Å². The number of hydrogen-bond donors (Lipinski definition) is 1. The smallest absolute Gasteiger partial charge is 0.322 e. The molecule has 1 unspecified atom stereocenters. The lowest BCUT2D eigenvalue weighted by atomic mass is 10.1. The summed E-state index contributed by atoms with van der Waals surface area (Å²) >= 11 is 6.77. The van der Waals surface area contributed by atoms with E-state index in [4.69, 9.17) is 10.5 Å². The van der Waals surface area contributed by atoms with Crippen LogP contribution in [0.4, 0.5) is 0 Å². The molecule has 1 aromatic rings. The summed E-state index contributed by atoms with van der Waals surface area (Å²) in [6, 6.07) is 3.04. The Kier molecular flexibility index (Phi) is 5.42. The average molecular weight is 367 g/mol. The summed E-state index contributed by atoms with van der Waals surface area (Å²) < 4.78 is 11.6. The van der Waals surface area contributed by atoms with E-state index < -0.39 is 12.0 Å². The van der Waals surface area contributed by atoms with Crippen LogP contribution >= 0.6 is 31.9 Å². The average Bonchev–Trinajstić information content (AvgIpc) is 2.27. The van der Waals surface area contributed by atoms with Gasteiger partial charge in [-0.15, -0.1) is 0 Å². The maximum Gasteiger partial charge on any atom is 0.322 e. The van der Waals surface area contributed by atoms with Crippen LogP contribution in [0, 0.1) is 0 Å². The van der Waals surface area contributed by atoms with Gasteiger partial charge in [0.1, 0.15) is 11.8 Å². The van der Waals surface area contributed by atoms with Gasteiger partial charge in [-0.1, -0.05) is 15.9 Å². The largest absolute Gasteiger partial charge is 0.495 e. The van der Waals surface area contributed by atoms with Crippen LogP contribution in [0.2, 0.25) is 0 Å². The fourth-order valence-corrected chi connectivity index (χ4v) is 2.94. The van der Waals surface area contributed by atoms with E-state index in [0.717, 1.165) is 14.5 Å². The van der Waals surface area contributed by atoms with Crippen molar-refractivity contribution < 1.29 is 14.3 Å². The fraction of sp³-hybridized carbons (Fsp3) is 0.364. The van der Waals surface area contributed by atoms with Crippen LogP contribution in [-0.2, 0) is 16.0 Å². The number of nitrogens with two attached hydrogens (primary N) is 1. The van der Waals surface area contributed by atoms with Gasteiger partial charge in [-0.2, -0.15) is 0 Å². The lowest BCUT2D eigenvalue weighted by molar-refractivity contribution is -0.142. The summed E-state index contributed by atoms with van der Waals surface area (Å²) in [5.74, 6) is 0.232. The Bertz CT molecular complexity index is 423. The molecule has 0 spiro atoms. The molecule has 0 aromatic heterocycles. The van der Waals surface area contributed by atoms with E-state index in [2.05, 4.69) is 36.6 Å². The fourth-order valence-electron chi connectivity index (χ4n) is 1.47. The highest BCUT2D eigenvalue weighted by Crippen LogP contribution is 2.33. The number of esters is 1. The lowest BCUT2D eigenvalue weighted by Crippen LogP contribution is -2.33. The lowest BCUT2D eigenvalue weighted by Gasteiger charge is -2.14. The van der Waals surface area contributed by atoms with E-state index in [-0.39, 0.29) is 0 Å². The normalized spacial score (nSPS) is 12.1. The summed E-state index contributed by atoms with van der Waals surface area (Å²) in [6.07, 6.45) is 0.355. The second-order valence-corrected chi connectivity index (χ2v) is 5.18. The second-order valence-electron chi connectivity index (χ2n) is 3.41. The minimum atomic E-state index is -0.699. The SMILES string of the molecule is COC(=O)C(N)Cc1cc(Br)cc(Br)c1OC. The Hall–Kier alpha value is -0.590. The van der Waals surface area contributed by atoms with Crippen LogP contribution in [0.3, 0.4) is 0 Å². The van der Waals surface area contributed by atoms with Crippen molar-refractivity contribution in [1.82, 2.24) is 0 Å². The molecule has 4 nitrogen and oxygen atoms in total. The van der Waals surface area contributed by atoms with E-state index in [0.29, 0.717) is 12.2 Å². The zero-order valence-corrected chi connectivity index (χ0v) is 12.7. The number of halogens is 2. The molecular weight excluding hydrogens is 354 g/mol. The maximum atomic E-state index is 11.3. The minimum Gasteiger partial charge on any atom is -0.495 e. The van der Waals surface area contributed by atoms with Gasteiger partial charge >= 0.3 is 5.97 Å². The summed E-state index contributed by atoms with van der Waals surface area (Å²) in [6.45, 7) is 0. The van der Waals surface area contributed by atoms with Gasteiger partial charge in [0.05, 0.1) is 18.7 Å². The van der Waals surface area contributed by atoms with E-state index in [1.807, 2.05) is 12.1 Å². The molecule has 6 heteroatoms. The number of rotatable bonds is 4. The van der Waals surface area contributed by atoms with Gasteiger partial charge in [0.25, 0.3) is 0 Å². The van der Waals surface area contributed by atoms with Gasteiger partial charge in [-0.3, -0.25) is 4.79 Å². The third kappa shape index (κ3) is 3.69. The van der Waals surface area contributed by atoms with Crippen molar-refractivity contribution in [3.8, 4) is 5.75 Å². The van der Waals surface area contributed by atoms with Gasteiger partial charge in [0.2, 0.25) is 0 Å². The molecule has 1 rings (SSSR count). The first kappa shape index (κ1) is 14.5. The number of hydrogen-bond acceptors (Lipinski definition) is 4. The van der Waals surface area contributed by atoms with Crippen molar-refractivity contribution in [2.75, 3.05) is 14.2 Å². The Labute approximate surface area is 117 Å². The van der Waals surface area contributed by atoms with Crippen LogP contribution in [0.5, 0.6) is 5.75 Å². The molecular formula is C11H13Br2NO3. The topological polar surface area (TPSA) is 61.5 Å². The predicted molar refractivity (Wildman–Crippen MR) is 72.1 cm³/mol. The van der Waals surface area contributed by atoms with Gasteiger partial charge in [-0.05, 0) is 33.6 Å². The first-order chi connectivity index (χ1) is 7.99. The molecule has 0 aliphatic heterocycles. The molecule has 0 amide bonds. The highest BCUT2D eigenvalue weighted by molar-refractivity contribution is 9.11. The van der Waals surface area contributed by atoms with Gasteiger partial charge < -0.3 is 15.2 Å². The van der Waals surface area contributed by atoms with Crippen molar-refractivity contribution in [2.45, 2.75) is 12.5 Å². The maximum absolute atomic E-state index is 11.3. The van der Waals surface area contributed by atoms with Crippen molar-refractivity contribution in [3.63, 3.8) is 0 Å². The van der Waals surface area contributed by atoms with Gasteiger partial charge in [0.15, 0.2) is 0 Å². The third-order valence-electron chi connectivity index (χ3n) is 2.23. The number of ether oxygens (including phenoxy) is 2. The zero-order valence-electron chi connectivity index (χ0n) is 9.50. The van der Waals surface area contributed by atoms with Crippen molar-refractivity contribution in [3.05, 3.63) is 26.6 Å². The highest BCUT2D eigenvalue weighted by Gasteiger charge is 2.18. The molecule has 17 heavy (non-hydrogen) atoms. The second kappa shape index (κ2) is 6.37. The summed E-state index contributed by atoms with van der Waals surface area (Å²) in [4.78, 5) is 11.3. The van der Waals surface area contributed by atoms with Crippen LogP contribution in [-0.4, -0.2) is 26.2 Å². The van der Waals surface area contributed by atoms with E-state index in [1.165, 1.54) is 7.11 Å². The first-order valence-corrected chi connectivity index (χ1v) is 6.43. The quantitative estimate of drug-likeness (QED) is 0.830. The number of benzene rings is 1. The molecule has 0 radical (unpaired) electrons. The first-order valence-electron chi connectivity index (χ1n) is 4.85. The van der Waals surface area contributed by atoms with Crippen LogP contribution in [0.15, 0.2) is 21.1 Å². The minimum absolute atomic E-state index is 0.355. The highest BCUT2D eigenvalue weighted by atomic mass is 79.9. The van der Waals surface area contributed by atoms with Crippen molar-refractivity contribution >= 4 is 37.8 Å². The summed E-state index contributed by atoms with van der Waals surface area (Å²) in [5.41, 5.74) is 6.56. The molecule has 1 atom stereocenters. The molecule has 0 saturated heterocycles. The molecule has 94 valence electrons. The number of carbonyl (C=O) groups excluding carboxylic acids is 1. The van der Waals surface area contributed by atoms with Gasteiger partial charge in [0, 0.05) is 10.9 Å². The van der Waals surface area contributed by atoms with Crippen LogP contribution in [0.25, 0.3) is 0 Å². The number of methoxy groups -OCH3 is 2. The molecule has 0 heterocycles. The Balaban J connectivity index is 3.01. The van der Waals surface area contributed by atoms with Crippen molar-refractivity contribution in [1.29, 1.82) is 0 Å². The molecule has 1 aromatic carbocycles. The molecule has 0 fully saturated rings. The standard InChI is InChI=1S/C11H13Br2NO3/c1-16-10-6(3-7(12)5-8(10)13)4-9(14)11(15)17-2/h3,5,9H,4,14H2,1-2H3. The number of carbonyl (C=O) groups is 1. The Morgan fingerprint density at radius 1 is 1.41 bits per heavy atom. The Morgan fingerprint density at radius 3 is 2.59 bits per heavy atom. The third-order valence-corrected chi connectivity index (χ3v) is 3.28. The van der Waals surface area contributed by atoms with Gasteiger partial charge in [-0.25, -0.2) is 0 Å². The van der Waals surface area contributed by atoms with E-state index in [9.17, 15) is 4.79 Å². The van der Waals surface area contributed by atoms with E-state index >= 15 is 0 Å². The monoisotopic (exact) mass is 365 g/mol.